The van der Waals surface area contributed by atoms with Crippen molar-refractivity contribution in [3.63, 3.8) is 0 Å². The van der Waals surface area contributed by atoms with Crippen molar-refractivity contribution in [2.75, 3.05) is 8.86 Å². The van der Waals surface area contributed by atoms with E-state index in [0.717, 1.165) is 31.0 Å². The number of hydrogen-bond acceptors (Lipinski definition) is 1. The summed E-state index contributed by atoms with van der Waals surface area (Å²) >= 11 is -0.358. The van der Waals surface area contributed by atoms with Gasteiger partial charge in [-0.3, -0.25) is 0 Å². The number of amides is 1. The van der Waals surface area contributed by atoms with Crippen LogP contribution in [0.4, 0.5) is 17.6 Å². The van der Waals surface area contributed by atoms with Crippen LogP contribution in [0.1, 0.15) is 36.8 Å². The first-order valence-corrected chi connectivity index (χ1v) is 15.1. The number of allylic oxidation sites excluding steroid dienone is 1. The summed E-state index contributed by atoms with van der Waals surface area (Å²) in [6.45, 7) is 4.07. The number of nitrogens with zero attached hydrogens (tertiary/aromatic N) is 1. The number of carbonyl (C=O) groups excluding carboxylic acids is 1. The van der Waals surface area contributed by atoms with Gasteiger partial charge in [-0.05, 0) is 0 Å². The molecule has 162 valence electrons. The molecule has 3 rings (SSSR count). The van der Waals surface area contributed by atoms with Crippen LogP contribution in [-0.4, -0.2) is 26.3 Å². The van der Waals surface area contributed by atoms with Gasteiger partial charge in [0, 0.05) is 0 Å². The molecule has 2 nitrogen and oxygen atoms in total. The maximum Gasteiger partial charge on any atom is 2.00 e. The van der Waals surface area contributed by atoms with Gasteiger partial charge in [-0.25, -0.2) is 0 Å². The number of carbonyl (C=O) groups is 1. The molecule has 2 heterocycles. The molecule has 0 atom stereocenters. The maximum atomic E-state index is 13.8. The molecule has 0 spiro atoms. The Bertz CT molecular complexity index is 840. The molecule has 0 saturated carbocycles. The summed E-state index contributed by atoms with van der Waals surface area (Å²) in [5, 5.41) is 0. The topological polar surface area (TPSA) is 29.4 Å². The minimum absolute atomic E-state index is 0. The Morgan fingerprint density at radius 1 is 1.07 bits per heavy atom. The van der Waals surface area contributed by atoms with Gasteiger partial charge in [0.2, 0.25) is 0 Å². The monoisotopic (exact) mass is 983 g/mol. The van der Waals surface area contributed by atoms with Gasteiger partial charge in [0.1, 0.15) is 0 Å². The number of hydrogen-bond donors (Lipinski definition) is 0. The van der Waals surface area contributed by atoms with Gasteiger partial charge < -0.3 is 0 Å². The predicted octanol–water partition coefficient (Wildman–Crippen LogP) is 7.16. The van der Waals surface area contributed by atoms with Crippen LogP contribution in [0.15, 0.2) is 40.4 Å². The molecule has 30 heavy (non-hydrogen) atoms. The van der Waals surface area contributed by atoms with Crippen molar-refractivity contribution in [1.82, 2.24) is 0 Å². The molecule has 1 aromatic carbocycles. The fraction of sp³-hybridized carbons (Fsp3) is 0.400. The Labute approximate surface area is 231 Å². The third-order valence-electron chi connectivity index (χ3n) is 4.89. The second-order valence-corrected chi connectivity index (χ2v) is 15.5. The minimum Gasteiger partial charge on any atom is 2.00 e. The zero-order chi connectivity index (χ0) is 21.4. The van der Waals surface area contributed by atoms with E-state index in [-0.39, 0.29) is 37.5 Å². The van der Waals surface area contributed by atoms with Crippen LogP contribution in [0.25, 0.3) is 0 Å². The van der Waals surface area contributed by atoms with Crippen LogP contribution >= 0.6 is 65.0 Å². The summed E-state index contributed by atoms with van der Waals surface area (Å²) in [4.78, 5) is 16.5. The summed E-state index contributed by atoms with van der Waals surface area (Å²) in [6.07, 6.45) is 2.07. The van der Waals surface area contributed by atoms with E-state index in [1.54, 1.807) is 0 Å². The third-order valence-corrected chi connectivity index (χ3v) is 12.2. The first-order chi connectivity index (χ1) is 13.5. The molecule has 2 aliphatic rings. The predicted molar refractivity (Wildman–Crippen MR) is 133 cm³/mol. The minimum atomic E-state index is -3.80. The maximum absolute atomic E-state index is 13.8. The summed E-state index contributed by atoms with van der Waals surface area (Å²) < 4.78 is 50.2. The largest absolute Gasteiger partial charge is 2.00 e. The average molecular weight is 983 g/mol. The number of aliphatic imine (C=N–C) groups is 1. The van der Waals surface area contributed by atoms with Crippen molar-refractivity contribution < 1.29 is 53.5 Å². The Hall–Kier alpha value is 1.00. The van der Waals surface area contributed by atoms with Gasteiger partial charge >= 0.3 is 235 Å². The van der Waals surface area contributed by atoms with Crippen LogP contribution in [0.2, 0.25) is 0 Å². The van der Waals surface area contributed by atoms with Gasteiger partial charge in [-0.15, -0.1) is 0 Å². The smallest absolute Gasteiger partial charge is 2.00 e. The Balaban J connectivity index is 0.00000320. The van der Waals surface area contributed by atoms with Crippen molar-refractivity contribution in [3.05, 3.63) is 59.4 Å². The zero-order valence-corrected chi connectivity index (χ0v) is 26.4. The van der Waals surface area contributed by atoms with E-state index in [0.29, 0.717) is 51.6 Å². The van der Waals surface area contributed by atoms with E-state index in [2.05, 4.69) is 18.0 Å². The van der Waals surface area contributed by atoms with Crippen molar-refractivity contribution in [2.24, 2.45) is 4.99 Å². The first kappa shape index (κ1) is 27.2. The van der Waals surface area contributed by atoms with Crippen molar-refractivity contribution >= 4 is 74.6 Å². The van der Waals surface area contributed by atoms with Gasteiger partial charge in [-0.1, -0.05) is 0 Å². The summed E-state index contributed by atoms with van der Waals surface area (Å²) in [5.74, 6) is 0.438. The van der Waals surface area contributed by atoms with Crippen LogP contribution in [0, 0.1) is 44.0 Å². The van der Waals surface area contributed by atoms with Gasteiger partial charge in [0.05, 0.1) is 0 Å². The molecule has 0 unspecified atom stereocenters. The van der Waals surface area contributed by atoms with Crippen molar-refractivity contribution in [2.45, 2.75) is 33.5 Å². The van der Waals surface area contributed by atoms with Gasteiger partial charge in [0.15, 0.2) is 0 Å². The molecule has 1 aromatic rings. The summed E-state index contributed by atoms with van der Waals surface area (Å²) in [5.41, 5.74) is 0.234. The Morgan fingerprint density at radius 2 is 1.63 bits per heavy atom. The first-order valence-electron chi connectivity index (χ1n) is 8.85. The molecule has 10 heteroatoms. The van der Waals surface area contributed by atoms with Crippen LogP contribution in [-0.2, 0) is 4.79 Å². The molecule has 0 aromatic heterocycles. The van der Waals surface area contributed by atoms with Crippen LogP contribution in [0.3, 0.4) is 0 Å². The number of benzene rings is 1. The van der Waals surface area contributed by atoms with Crippen LogP contribution < -0.4 is 0 Å². The second kappa shape index (κ2) is 11.0. The SMILES string of the molecule is [CH2-]c1ccccc1[C-]1CCI(C2=NC(=O)C(=C(C(F)(F)I)C(F)(F)I)CC2)CC1.[U+2]. The van der Waals surface area contributed by atoms with E-state index in [4.69, 9.17) is 0 Å². The molecule has 0 bridgehead atoms. The molecule has 0 N–H and O–H groups in total. The Kier molecular flexibility index (Phi) is 9.95. The molecule has 0 radical (unpaired) electrons. The van der Waals surface area contributed by atoms with E-state index >= 15 is 0 Å². The van der Waals surface area contributed by atoms with Gasteiger partial charge in [0.25, 0.3) is 0 Å². The molecular formula is C20H18F4I3NOU. The van der Waals surface area contributed by atoms with E-state index in [1.807, 2.05) is 18.2 Å². The van der Waals surface area contributed by atoms with E-state index in [9.17, 15) is 22.4 Å². The third kappa shape index (κ3) is 6.53. The fourth-order valence-corrected chi connectivity index (χ4v) is 11.4. The van der Waals surface area contributed by atoms with Crippen molar-refractivity contribution in [3.8, 4) is 0 Å². The standard InChI is InChI=1S/C20H18F4I3NO.U/c1-12-4-2-3-5-14(12)13-8-10-27(11-9-13)16-7-6-15(18(29)28-16)17(19(21,22)25)20(23,24)26;/h2-5H,1,6-11H2;/q-2;+2. The van der Waals surface area contributed by atoms with Crippen molar-refractivity contribution in [1.29, 1.82) is 0 Å². The van der Waals surface area contributed by atoms with E-state index in [1.165, 1.54) is 11.5 Å². The van der Waals surface area contributed by atoms with Gasteiger partial charge in [-0.2, -0.15) is 0 Å². The summed E-state index contributed by atoms with van der Waals surface area (Å²) in [7, 11) is 0. The zero-order valence-electron chi connectivity index (χ0n) is 15.8. The summed E-state index contributed by atoms with van der Waals surface area (Å²) in [6, 6.07) is 7.99. The number of halogens is 7. The number of alkyl halides is 8. The second-order valence-electron chi connectivity index (χ2n) is 6.74. The Morgan fingerprint density at radius 3 is 2.13 bits per heavy atom. The molecule has 1 saturated heterocycles. The number of rotatable bonds is 4. The molecular weight excluding hydrogens is 965 g/mol. The normalized spacial score (nSPS) is 19.3. The molecule has 2 aliphatic heterocycles. The molecule has 1 amide bonds. The quantitative estimate of drug-likeness (QED) is 0.104. The van der Waals surface area contributed by atoms with E-state index < -0.39 is 44.7 Å². The fourth-order valence-electron chi connectivity index (χ4n) is 3.53. The molecule has 0 aliphatic carbocycles. The average Bonchev–Trinajstić information content (AvgIpc) is 2.62. The van der Waals surface area contributed by atoms with Crippen LogP contribution in [0.5, 0.6) is 0 Å². The molecule has 1 fully saturated rings.